The normalized spacial score (nSPS) is 22.9. The highest BCUT2D eigenvalue weighted by Gasteiger charge is 2.26. The molecule has 0 amide bonds. The van der Waals surface area contributed by atoms with Crippen LogP contribution in [-0.2, 0) is 0 Å². The Kier molecular flexibility index (Phi) is 2.35. The van der Waals surface area contributed by atoms with Crippen LogP contribution >= 0.6 is 0 Å². The Balaban J connectivity index is 2.31. The van der Waals surface area contributed by atoms with Gasteiger partial charge in [-0.25, -0.2) is 9.97 Å². The number of rotatable bonds is 1. The molecule has 1 saturated heterocycles. The number of nitrogen functional groups attached to an aromatic ring is 1. The van der Waals surface area contributed by atoms with Crippen molar-refractivity contribution in [2.75, 3.05) is 12.3 Å². The van der Waals surface area contributed by atoms with Crippen LogP contribution in [0.5, 0.6) is 0 Å². The number of hydrogen-bond acceptors (Lipinski definition) is 5. The molecule has 1 unspecified atom stereocenters. The van der Waals surface area contributed by atoms with Gasteiger partial charge in [0, 0.05) is 12.2 Å². The Labute approximate surface area is 82.5 Å². The van der Waals surface area contributed by atoms with Gasteiger partial charge in [-0.05, 0) is 25.8 Å². The molecule has 0 saturated carbocycles. The number of anilines is 1. The lowest BCUT2D eigenvalue weighted by Gasteiger charge is -2.17. The molecule has 1 aromatic heterocycles. The van der Waals surface area contributed by atoms with Crippen molar-refractivity contribution < 1.29 is 5.21 Å². The van der Waals surface area contributed by atoms with Gasteiger partial charge in [-0.3, -0.25) is 0 Å². The van der Waals surface area contributed by atoms with Crippen molar-refractivity contribution in [3.8, 4) is 0 Å². The van der Waals surface area contributed by atoms with Crippen molar-refractivity contribution in [2.45, 2.75) is 25.8 Å². The van der Waals surface area contributed by atoms with Crippen molar-refractivity contribution >= 4 is 5.95 Å². The van der Waals surface area contributed by atoms with Crippen LogP contribution in [0.25, 0.3) is 0 Å². The third kappa shape index (κ3) is 1.69. The highest BCUT2D eigenvalue weighted by atomic mass is 16.5. The molecule has 0 bridgehead atoms. The third-order valence-electron chi connectivity index (χ3n) is 2.46. The summed E-state index contributed by atoms with van der Waals surface area (Å²) in [6.07, 6.45) is 1.91. The summed E-state index contributed by atoms with van der Waals surface area (Å²) in [5.74, 6) is 0.278. The Bertz CT molecular complexity index is 321. The van der Waals surface area contributed by atoms with Crippen LogP contribution in [0.3, 0.4) is 0 Å². The fourth-order valence-corrected chi connectivity index (χ4v) is 1.84. The number of hydrogen-bond donors (Lipinski definition) is 2. The third-order valence-corrected chi connectivity index (χ3v) is 2.46. The van der Waals surface area contributed by atoms with Gasteiger partial charge in [0.2, 0.25) is 5.95 Å². The van der Waals surface area contributed by atoms with E-state index in [1.54, 1.807) is 0 Å². The number of nitrogens with zero attached hydrogens (tertiary/aromatic N) is 3. The SMILES string of the molecule is Cc1cc(C2CCCN2O)nc(N)n1. The monoisotopic (exact) mass is 194 g/mol. The second-order valence-electron chi connectivity index (χ2n) is 3.61. The maximum atomic E-state index is 9.56. The molecule has 0 aromatic carbocycles. The van der Waals surface area contributed by atoms with Crippen molar-refractivity contribution in [1.82, 2.24) is 15.0 Å². The summed E-state index contributed by atoms with van der Waals surface area (Å²) in [4.78, 5) is 8.13. The number of hydroxylamine groups is 2. The highest BCUT2D eigenvalue weighted by molar-refractivity contribution is 5.24. The zero-order valence-electron chi connectivity index (χ0n) is 8.14. The van der Waals surface area contributed by atoms with Gasteiger partial charge in [-0.1, -0.05) is 0 Å². The summed E-state index contributed by atoms with van der Waals surface area (Å²) in [5.41, 5.74) is 7.21. The molecule has 2 heterocycles. The van der Waals surface area contributed by atoms with Gasteiger partial charge in [0.15, 0.2) is 0 Å². The predicted molar refractivity (Wildman–Crippen MR) is 51.6 cm³/mol. The van der Waals surface area contributed by atoms with E-state index in [-0.39, 0.29) is 12.0 Å². The summed E-state index contributed by atoms with van der Waals surface area (Å²) in [6, 6.07) is 1.86. The first kappa shape index (κ1) is 9.36. The van der Waals surface area contributed by atoms with Crippen molar-refractivity contribution in [1.29, 1.82) is 0 Å². The van der Waals surface area contributed by atoms with Gasteiger partial charge in [-0.2, -0.15) is 5.06 Å². The van der Waals surface area contributed by atoms with Crippen LogP contribution in [-0.4, -0.2) is 26.8 Å². The van der Waals surface area contributed by atoms with Gasteiger partial charge >= 0.3 is 0 Å². The molecule has 0 aliphatic carbocycles. The van der Waals surface area contributed by atoms with E-state index in [1.807, 2.05) is 13.0 Å². The number of aryl methyl sites for hydroxylation is 1. The molecule has 5 heteroatoms. The Morgan fingerprint density at radius 1 is 1.57 bits per heavy atom. The second-order valence-corrected chi connectivity index (χ2v) is 3.61. The molecule has 5 nitrogen and oxygen atoms in total. The lowest BCUT2D eigenvalue weighted by Crippen LogP contribution is -2.20. The first-order chi connectivity index (χ1) is 6.66. The lowest BCUT2D eigenvalue weighted by atomic mass is 10.1. The standard InChI is InChI=1S/C9H14N4O/c1-6-5-7(12-9(10)11-6)8-3-2-4-13(8)14/h5,8,14H,2-4H2,1H3,(H2,10,11,12). The minimum absolute atomic E-state index is 0.0148. The van der Waals surface area contributed by atoms with Crippen LogP contribution in [0.15, 0.2) is 6.07 Å². The fraction of sp³-hybridized carbons (Fsp3) is 0.556. The topological polar surface area (TPSA) is 75.3 Å². The first-order valence-corrected chi connectivity index (χ1v) is 4.73. The molecule has 1 aliphatic rings. The van der Waals surface area contributed by atoms with Gasteiger partial charge in [0.1, 0.15) is 0 Å². The van der Waals surface area contributed by atoms with E-state index in [1.165, 1.54) is 5.06 Å². The first-order valence-electron chi connectivity index (χ1n) is 4.73. The molecular formula is C9H14N4O. The van der Waals surface area contributed by atoms with Crippen LogP contribution in [0.1, 0.15) is 30.3 Å². The molecule has 1 fully saturated rings. The van der Waals surface area contributed by atoms with Gasteiger partial charge in [-0.15, -0.1) is 0 Å². The van der Waals surface area contributed by atoms with Gasteiger partial charge in [0.25, 0.3) is 0 Å². The molecule has 1 aromatic rings. The second kappa shape index (κ2) is 3.51. The largest absolute Gasteiger partial charge is 0.368 e. The van der Waals surface area contributed by atoms with E-state index in [4.69, 9.17) is 5.73 Å². The van der Waals surface area contributed by atoms with Crippen molar-refractivity contribution in [3.05, 3.63) is 17.5 Å². The molecule has 0 radical (unpaired) electrons. The highest BCUT2D eigenvalue weighted by Crippen LogP contribution is 2.29. The zero-order chi connectivity index (χ0) is 10.1. The maximum Gasteiger partial charge on any atom is 0.220 e. The van der Waals surface area contributed by atoms with Crippen molar-refractivity contribution in [3.63, 3.8) is 0 Å². The lowest BCUT2D eigenvalue weighted by molar-refractivity contribution is -0.105. The predicted octanol–water partition coefficient (Wildman–Crippen LogP) is 0.893. The maximum absolute atomic E-state index is 9.56. The molecule has 1 aliphatic heterocycles. The summed E-state index contributed by atoms with van der Waals surface area (Å²) < 4.78 is 0. The van der Waals surface area contributed by atoms with Gasteiger partial charge < -0.3 is 10.9 Å². The van der Waals surface area contributed by atoms with E-state index in [0.29, 0.717) is 6.54 Å². The quantitative estimate of drug-likeness (QED) is 0.694. The van der Waals surface area contributed by atoms with E-state index in [0.717, 1.165) is 24.2 Å². The number of nitrogens with two attached hydrogens (primary N) is 1. The Morgan fingerprint density at radius 3 is 2.93 bits per heavy atom. The van der Waals surface area contributed by atoms with Crippen LogP contribution in [0.4, 0.5) is 5.95 Å². The van der Waals surface area contributed by atoms with Crippen molar-refractivity contribution in [2.24, 2.45) is 0 Å². The zero-order valence-corrected chi connectivity index (χ0v) is 8.14. The average molecular weight is 194 g/mol. The fourth-order valence-electron chi connectivity index (χ4n) is 1.84. The molecule has 76 valence electrons. The van der Waals surface area contributed by atoms with Crippen LogP contribution < -0.4 is 5.73 Å². The van der Waals surface area contributed by atoms with Crippen LogP contribution in [0.2, 0.25) is 0 Å². The van der Waals surface area contributed by atoms with E-state index in [9.17, 15) is 5.21 Å². The average Bonchev–Trinajstić information content (AvgIpc) is 2.49. The smallest absolute Gasteiger partial charge is 0.220 e. The molecule has 14 heavy (non-hydrogen) atoms. The summed E-state index contributed by atoms with van der Waals surface area (Å²) >= 11 is 0. The minimum atomic E-state index is -0.0148. The van der Waals surface area contributed by atoms with E-state index in [2.05, 4.69) is 9.97 Å². The summed E-state index contributed by atoms with van der Waals surface area (Å²) in [6.45, 7) is 2.58. The molecular weight excluding hydrogens is 180 g/mol. The summed E-state index contributed by atoms with van der Waals surface area (Å²) in [7, 11) is 0. The van der Waals surface area contributed by atoms with E-state index < -0.39 is 0 Å². The molecule has 1 atom stereocenters. The van der Waals surface area contributed by atoms with Gasteiger partial charge in [0.05, 0.1) is 11.7 Å². The molecule has 0 spiro atoms. The Morgan fingerprint density at radius 2 is 2.36 bits per heavy atom. The number of aromatic nitrogens is 2. The van der Waals surface area contributed by atoms with Crippen LogP contribution in [0, 0.1) is 6.92 Å². The minimum Gasteiger partial charge on any atom is -0.368 e. The summed E-state index contributed by atoms with van der Waals surface area (Å²) in [5, 5.41) is 10.9. The molecule has 3 N–H and O–H groups in total. The Hall–Kier alpha value is -1.20. The van der Waals surface area contributed by atoms with E-state index >= 15 is 0 Å². The molecule has 2 rings (SSSR count).